The van der Waals surface area contributed by atoms with Gasteiger partial charge in [0.2, 0.25) is 5.91 Å². The summed E-state index contributed by atoms with van der Waals surface area (Å²) in [6, 6.07) is 14.5. The second-order valence-corrected chi connectivity index (χ2v) is 5.92. The maximum absolute atomic E-state index is 11.8. The van der Waals surface area contributed by atoms with Crippen LogP contribution in [0.5, 0.6) is 0 Å². The van der Waals surface area contributed by atoms with Crippen LogP contribution in [0.25, 0.3) is 0 Å². The Labute approximate surface area is 152 Å². The minimum absolute atomic E-state index is 0.00744. The molecule has 2 rings (SSSR count). The molecule has 0 unspecified atom stereocenters. The third-order valence-electron chi connectivity index (χ3n) is 3.77. The number of amides is 2. The minimum atomic E-state index is -0.594. The van der Waals surface area contributed by atoms with Gasteiger partial charge < -0.3 is 15.4 Å². The molecular formula is C20H22N2O4. The molecule has 0 aromatic heterocycles. The molecule has 2 aromatic rings. The fraction of sp³-hybridized carbons (Fsp3) is 0.250. The van der Waals surface area contributed by atoms with Crippen molar-refractivity contribution in [2.24, 2.45) is 0 Å². The predicted octanol–water partition coefficient (Wildman–Crippen LogP) is 3.20. The number of carbonyl (C=O) groups is 3. The van der Waals surface area contributed by atoms with Crippen LogP contribution in [-0.2, 0) is 19.1 Å². The molecule has 0 saturated carbocycles. The average molecular weight is 354 g/mol. The van der Waals surface area contributed by atoms with Crippen molar-refractivity contribution in [3.63, 3.8) is 0 Å². The number of para-hydroxylation sites is 1. The zero-order valence-electron chi connectivity index (χ0n) is 14.9. The first kappa shape index (κ1) is 19.2. The number of carbonyl (C=O) groups excluding carboxylic acids is 3. The van der Waals surface area contributed by atoms with Crippen molar-refractivity contribution in [3.8, 4) is 0 Å². The normalized spacial score (nSPS) is 10.1. The first-order valence-electron chi connectivity index (χ1n) is 8.31. The SMILES string of the molecule is Cc1ccc(NC(=O)COC(=O)CCC(=O)Nc2ccccc2)cc1C. The lowest BCUT2D eigenvalue weighted by molar-refractivity contribution is -0.147. The first-order valence-corrected chi connectivity index (χ1v) is 8.31. The van der Waals surface area contributed by atoms with E-state index in [-0.39, 0.29) is 25.4 Å². The molecule has 0 saturated heterocycles. The summed E-state index contributed by atoms with van der Waals surface area (Å²) in [6.45, 7) is 3.55. The van der Waals surface area contributed by atoms with Crippen molar-refractivity contribution in [1.29, 1.82) is 0 Å². The summed E-state index contributed by atoms with van der Waals surface area (Å²) in [7, 11) is 0. The van der Waals surface area contributed by atoms with Crippen LogP contribution in [0.4, 0.5) is 11.4 Å². The van der Waals surface area contributed by atoms with Crippen LogP contribution in [0, 0.1) is 13.8 Å². The van der Waals surface area contributed by atoms with Gasteiger partial charge in [-0.3, -0.25) is 14.4 Å². The summed E-state index contributed by atoms with van der Waals surface area (Å²) in [5.74, 6) is -1.30. The molecular weight excluding hydrogens is 332 g/mol. The molecule has 0 heterocycles. The number of hydrogen-bond acceptors (Lipinski definition) is 4. The summed E-state index contributed by atoms with van der Waals surface area (Å²) >= 11 is 0. The Balaban J connectivity index is 1.68. The Hall–Kier alpha value is -3.15. The third-order valence-corrected chi connectivity index (χ3v) is 3.77. The zero-order valence-corrected chi connectivity index (χ0v) is 14.9. The molecule has 0 aliphatic carbocycles. The van der Waals surface area contributed by atoms with Crippen LogP contribution >= 0.6 is 0 Å². The smallest absolute Gasteiger partial charge is 0.306 e. The van der Waals surface area contributed by atoms with Gasteiger partial charge in [0.1, 0.15) is 0 Å². The van der Waals surface area contributed by atoms with Crippen molar-refractivity contribution >= 4 is 29.2 Å². The number of ether oxygens (including phenoxy) is 1. The van der Waals surface area contributed by atoms with Crippen LogP contribution in [0.15, 0.2) is 48.5 Å². The van der Waals surface area contributed by atoms with Gasteiger partial charge in [0.15, 0.2) is 6.61 Å². The molecule has 0 atom stereocenters. The van der Waals surface area contributed by atoms with Gasteiger partial charge in [-0.1, -0.05) is 24.3 Å². The number of benzene rings is 2. The third kappa shape index (κ3) is 6.39. The van der Waals surface area contributed by atoms with Crippen molar-refractivity contribution < 1.29 is 19.1 Å². The quantitative estimate of drug-likeness (QED) is 0.748. The van der Waals surface area contributed by atoms with Crippen molar-refractivity contribution in [2.75, 3.05) is 17.2 Å². The number of esters is 1. The molecule has 0 bridgehead atoms. The number of nitrogens with one attached hydrogen (secondary N) is 2. The van der Waals surface area contributed by atoms with Gasteiger partial charge in [0.25, 0.3) is 5.91 Å². The Morgan fingerprint density at radius 3 is 2.19 bits per heavy atom. The molecule has 2 N–H and O–H groups in total. The lowest BCUT2D eigenvalue weighted by Crippen LogP contribution is -2.21. The Morgan fingerprint density at radius 2 is 1.50 bits per heavy atom. The van der Waals surface area contributed by atoms with E-state index in [0.717, 1.165) is 11.1 Å². The van der Waals surface area contributed by atoms with Gasteiger partial charge in [-0.25, -0.2) is 0 Å². The summed E-state index contributed by atoms with van der Waals surface area (Å²) in [6.07, 6.45) is -0.0951. The molecule has 2 aromatic carbocycles. The van der Waals surface area contributed by atoms with Crippen molar-refractivity contribution in [3.05, 3.63) is 59.7 Å². The van der Waals surface area contributed by atoms with E-state index in [9.17, 15) is 14.4 Å². The zero-order chi connectivity index (χ0) is 18.9. The van der Waals surface area contributed by atoms with Gasteiger partial charge in [-0.2, -0.15) is 0 Å². The second-order valence-electron chi connectivity index (χ2n) is 5.92. The van der Waals surface area contributed by atoms with Crippen molar-refractivity contribution in [1.82, 2.24) is 0 Å². The summed E-state index contributed by atoms with van der Waals surface area (Å²) in [4.78, 5) is 35.3. The van der Waals surface area contributed by atoms with Gasteiger partial charge in [-0.15, -0.1) is 0 Å². The van der Waals surface area contributed by atoms with Gasteiger partial charge in [0.05, 0.1) is 6.42 Å². The molecule has 6 heteroatoms. The van der Waals surface area contributed by atoms with E-state index < -0.39 is 11.9 Å². The maximum atomic E-state index is 11.8. The highest BCUT2D eigenvalue weighted by Crippen LogP contribution is 2.14. The van der Waals surface area contributed by atoms with Crippen LogP contribution < -0.4 is 10.6 Å². The fourth-order valence-electron chi connectivity index (χ4n) is 2.20. The van der Waals surface area contributed by atoms with Crippen LogP contribution in [0.1, 0.15) is 24.0 Å². The molecule has 136 valence electrons. The van der Waals surface area contributed by atoms with E-state index in [1.165, 1.54) is 0 Å². The standard InChI is InChI=1S/C20H22N2O4/c1-14-8-9-17(12-15(14)2)22-19(24)13-26-20(25)11-10-18(23)21-16-6-4-3-5-7-16/h3-9,12H,10-11,13H2,1-2H3,(H,21,23)(H,22,24). The molecule has 0 spiro atoms. The molecule has 6 nitrogen and oxygen atoms in total. The highest BCUT2D eigenvalue weighted by Gasteiger charge is 2.11. The lowest BCUT2D eigenvalue weighted by atomic mass is 10.1. The molecule has 0 aliphatic rings. The fourth-order valence-corrected chi connectivity index (χ4v) is 2.20. The monoisotopic (exact) mass is 354 g/mol. The number of hydrogen-bond donors (Lipinski definition) is 2. The molecule has 0 aliphatic heterocycles. The molecule has 26 heavy (non-hydrogen) atoms. The molecule has 0 fully saturated rings. The number of aryl methyl sites for hydroxylation is 2. The summed E-state index contributed by atoms with van der Waals surface area (Å²) in [5, 5.41) is 5.35. The van der Waals surface area contributed by atoms with Crippen LogP contribution in [-0.4, -0.2) is 24.4 Å². The number of anilines is 2. The summed E-state index contributed by atoms with van der Waals surface area (Å²) < 4.78 is 4.90. The van der Waals surface area contributed by atoms with Crippen molar-refractivity contribution in [2.45, 2.75) is 26.7 Å². The van der Waals surface area contributed by atoms with E-state index in [0.29, 0.717) is 11.4 Å². The number of rotatable bonds is 7. The van der Waals surface area contributed by atoms with Gasteiger partial charge in [-0.05, 0) is 49.2 Å². The average Bonchev–Trinajstić information content (AvgIpc) is 2.62. The van der Waals surface area contributed by atoms with E-state index >= 15 is 0 Å². The van der Waals surface area contributed by atoms with E-state index in [1.54, 1.807) is 30.3 Å². The topological polar surface area (TPSA) is 84.5 Å². The van der Waals surface area contributed by atoms with Gasteiger partial charge >= 0.3 is 5.97 Å². The maximum Gasteiger partial charge on any atom is 0.306 e. The Morgan fingerprint density at radius 1 is 0.808 bits per heavy atom. The highest BCUT2D eigenvalue weighted by atomic mass is 16.5. The predicted molar refractivity (Wildman–Crippen MR) is 99.8 cm³/mol. The Kier molecular flexibility index (Phi) is 6.91. The molecule has 0 radical (unpaired) electrons. The highest BCUT2D eigenvalue weighted by molar-refractivity contribution is 5.94. The second kappa shape index (κ2) is 9.36. The van der Waals surface area contributed by atoms with E-state index in [4.69, 9.17) is 4.74 Å². The van der Waals surface area contributed by atoms with Crippen LogP contribution in [0.3, 0.4) is 0 Å². The first-order chi connectivity index (χ1) is 12.4. The van der Waals surface area contributed by atoms with Crippen LogP contribution in [0.2, 0.25) is 0 Å². The van der Waals surface area contributed by atoms with Gasteiger partial charge in [0, 0.05) is 17.8 Å². The molecule has 2 amide bonds. The lowest BCUT2D eigenvalue weighted by Gasteiger charge is -2.08. The minimum Gasteiger partial charge on any atom is -0.456 e. The summed E-state index contributed by atoms with van der Waals surface area (Å²) in [5.41, 5.74) is 3.50. The largest absolute Gasteiger partial charge is 0.456 e. The van der Waals surface area contributed by atoms with E-state index in [2.05, 4.69) is 10.6 Å². The van der Waals surface area contributed by atoms with E-state index in [1.807, 2.05) is 32.0 Å². The Bertz CT molecular complexity index is 788.